The van der Waals surface area contributed by atoms with Crippen LogP contribution in [-0.4, -0.2) is 54.5 Å². The molecule has 0 amide bonds. The Morgan fingerprint density at radius 3 is 2.47 bits per heavy atom. The monoisotopic (exact) mass is 465 g/mol. The van der Waals surface area contributed by atoms with Crippen molar-refractivity contribution in [3.05, 3.63) is 59.4 Å². The van der Waals surface area contributed by atoms with E-state index >= 15 is 0 Å². The third-order valence-corrected chi connectivity index (χ3v) is 7.05. The number of fused-ring (bicyclic) bond motifs is 1. The molecule has 1 aromatic heterocycles. The minimum absolute atomic E-state index is 0.117. The van der Waals surface area contributed by atoms with Crippen LogP contribution in [0.4, 0.5) is 8.78 Å². The Morgan fingerprint density at radius 2 is 1.81 bits per heavy atom. The smallest absolute Gasteiger partial charge is 0.338 e. The predicted molar refractivity (Wildman–Crippen MR) is 110 cm³/mol. The van der Waals surface area contributed by atoms with Crippen LogP contribution in [0.1, 0.15) is 23.1 Å². The molecule has 0 unspecified atom stereocenters. The van der Waals surface area contributed by atoms with Gasteiger partial charge in [-0.3, -0.25) is 0 Å². The fourth-order valence-electron chi connectivity index (χ4n) is 3.60. The van der Waals surface area contributed by atoms with E-state index in [1.807, 2.05) is 6.92 Å². The summed E-state index contributed by atoms with van der Waals surface area (Å²) in [4.78, 5) is 16.8. The van der Waals surface area contributed by atoms with Crippen LogP contribution in [0, 0.1) is 11.6 Å². The van der Waals surface area contributed by atoms with Crippen molar-refractivity contribution in [1.82, 2.24) is 13.9 Å². The van der Waals surface area contributed by atoms with E-state index in [0.717, 1.165) is 12.1 Å². The molecular weight excluding hydrogens is 444 g/mol. The highest BCUT2D eigenvalue weighted by Crippen LogP contribution is 2.24. The Morgan fingerprint density at radius 1 is 1.12 bits per heavy atom. The van der Waals surface area contributed by atoms with Crippen molar-refractivity contribution in [3.8, 4) is 0 Å². The number of imidazole rings is 1. The minimum Gasteiger partial charge on any atom is -0.454 e. The molecule has 4 rings (SSSR count). The molecule has 0 bridgehead atoms. The first-order valence-corrected chi connectivity index (χ1v) is 11.4. The van der Waals surface area contributed by atoms with Gasteiger partial charge < -0.3 is 14.0 Å². The Hall–Kier alpha value is -2.89. The number of aromatic nitrogens is 2. The first-order valence-electron chi connectivity index (χ1n) is 10.00. The summed E-state index contributed by atoms with van der Waals surface area (Å²) < 4.78 is 66.1. The molecule has 170 valence electrons. The van der Waals surface area contributed by atoms with Crippen LogP contribution in [0.2, 0.25) is 0 Å². The van der Waals surface area contributed by atoms with E-state index < -0.39 is 27.6 Å². The maximum Gasteiger partial charge on any atom is 0.338 e. The minimum atomic E-state index is -3.69. The second kappa shape index (κ2) is 8.93. The van der Waals surface area contributed by atoms with Crippen molar-refractivity contribution in [1.29, 1.82) is 0 Å². The summed E-state index contributed by atoms with van der Waals surface area (Å²) in [5.74, 6) is -2.28. The molecule has 1 fully saturated rings. The summed E-state index contributed by atoms with van der Waals surface area (Å²) >= 11 is 0. The summed E-state index contributed by atoms with van der Waals surface area (Å²) in [6, 6.07) is 7.10. The number of aryl methyl sites for hydroxylation is 1. The highest BCUT2D eigenvalue weighted by atomic mass is 32.2. The molecule has 0 atom stereocenters. The van der Waals surface area contributed by atoms with Crippen molar-refractivity contribution in [2.75, 3.05) is 26.3 Å². The quantitative estimate of drug-likeness (QED) is 0.520. The molecule has 0 aliphatic carbocycles. The van der Waals surface area contributed by atoms with Crippen LogP contribution in [0.15, 0.2) is 41.3 Å². The highest BCUT2D eigenvalue weighted by Gasteiger charge is 2.27. The Labute approximate surface area is 183 Å². The number of carbonyl (C=O) groups is 1. The number of morpholine rings is 1. The molecule has 1 saturated heterocycles. The second-order valence-corrected chi connectivity index (χ2v) is 9.11. The molecule has 32 heavy (non-hydrogen) atoms. The van der Waals surface area contributed by atoms with Crippen LogP contribution < -0.4 is 0 Å². The fraction of sp³-hybridized carbons (Fsp3) is 0.333. The molecule has 8 nitrogen and oxygen atoms in total. The van der Waals surface area contributed by atoms with Gasteiger partial charge in [0.05, 0.1) is 34.7 Å². The van der Waals surface area contributed by atoms with E-state index in [0.29, 0.717) is 42.7 Å². The van der Waals surface area contributed by atoms with E-state index in [2.05, 4.69) is 4.98 Å². The number of sulfonamides is 1. The number of rotatable bonds is 6. The van der Waals surface area contributed by atoms with E-state index in [1.54, 1.807) is 10.6 Å². The standard InChI is InChI=1S/C21H21F2N3O5S/c1-2-26-19-4-3-17(32(28,29)25-5-7-30-8-6-25)12-18(19)24-20(26)13-31-21(27)14-9-15(22)11-16(23)10-14/h3-4,9-12H,2,5-8,13H2,1H3. The van der Waals surface area contributed by atoms with Gasteiger partial charge in [-0.25, -0.2) is 27.0 Å². The van der Waals surface area contributed by atoms with Gasteiger partial charge in [-0.1, -0.05) is 0 Å². The molecular formula is C21H21F2N3O5S. The van der Waals surface area contributed by atoms with Crippen LogP contribution in [0.25, 0.3) is 11.0 Å². The maximum atomic E-state index is 13.4. The van der Waals surface area contributed by atoms with Crippen molar-refractivity contribution < 1.29 is 31.5 Å². The summed E-state index contributed by atoms with van der Waals surface area (Å²) in [6.45, 7) is 3.37. The van der Waals surface area contributed by atoms with Crippen LogP contribution >= 0.6 is 0 Å². The average molecular weight is 465 g/mol. The Kier molecular flexibility index (Phi) is 6.22. The first-order chi connectivity index (χ1) is 15.3. The van der Waals surface area contributed by atoms with Gasteiger partial charge in [0.15, 0.2) is 0 Å². The molecule has 1 aliphatic heterocycles. The molecule has 0 spiro atoms. The molecule has 0 radical (unpaired) electrons. The zero-order chi connectivity index (χ0) is 22.9. The number of hydrogen-bond acceptors (Lipinski definition) is 6. The lowest BCUT2D eigenvalue weighted by molar-refractivity contribution is 0.0457. The molecule has 2 heterocycles. The molecule has 3 aromatic rings. The van der Waals surface area contributed by atoms with Crippen molar-refractivity contribution in [3.63, 3.8) is 0 Å². The maximum absolute atomic E-state index is 13.4. The van der Waals surface area contributed by atoms with Gasteiger partial charge in [0.25, 0.3) is 0 Å². The highest BCUT2D eigenvalue weighted by molar-refractivity contribution is 7.89. The number of carbonyl (C=O) groups excluding carboxylic acids is 1. The van der Waals surface area contributed by atoms with Crippen LogP contribution in [-0.2, 0) is 32.6 Å². The number of esters is 1. The van der Waals surface area contributed by atoms with Crippen molar-refractivity contribution >= 4 is 27.0 Å². The van der Waals surface area contributed by atoms with Crippen LogP contribution in [0.5, 0.6) is 0 Å². The molecule has 2 aromatic carbocycles. The van der Waals surface area contributed by atoms with Gasteiger partial charge in [0, 0.05) is 25.7 Å². The van der Waals surface area contributed by atoms with Crippen molar-refractivity contribution in [2.24, 2.45) is 0 Å². The molecule has 0 N–H and O–H groups in total. The SMILES string of the molecule is CCn1c(COC(=O)c2cc(F)cc(F)c2)nc2cc(S(=O)(=O)N3CCOCC3)ccc21. The summed E-state index contributed by atoms with van der Waals surface area (Å²) in [5.41, 5.74) is 0.862. The van der Waals surface area contributed by atoms with E-state index in [9.17, 15) is 22.0 Å². The Bertz CT molecular complexity index is 1250. The number of hydrogen-bond donors (Lipinski definition) is 0. The zero-order valence-corrected chi connectivity index (χ0v) is 18.1. The third-order valence-electron chi connectivity index (χ3n) is 5.15. The molecule has 11 heteroatoms. The molecule has 0 saturated carbocycles. The van der Waals surface area contributed by atoms with E-state index in [-0.39, 0.29) is 30.2 Å². The molecule has 1 aliphatic rings. The number of nitrogens with zero attached hydrogens (tertiary/aromatic N) is 3. The van der Waals surface area contributed by atoms with Gasteiger partial charge in [-0.2, -0.15) is 4.31 Å². The number of ether oxygens (including phenoxy) is 2. The van der Waals surface area contributed by atoms with E-state index in [1.165, 1.54) is 16.4 Å². The number of benzene rings is 2. The normalized spacial score (nSPS) is 15.2. The zero-order valence-electron chi connectivity index (χ0n) is 17.3. The van der Waals surface area contributed by atoms with Gasteiger partial charge in [0.1, 0.15) is 24.1 Å². The van der Waals surface area contributed by atoms with Gasteiger partial charge in [-0.05, 0) is 37.3 Å². The average Bonchev–Trinajstić information content (AvgIpc) is 3.14. The van der Waals surface area contributed by atoms with Gasteiger partial charge in [-0.15, -0.1) is 0 Å². The lowest BCUT2D eigenvalue weighted by Gasteiger charge is -2.26. The summed E-state index contributed by atoms with van der Waals surface area (Å²) in [7, 11) is -3.69. The van der Waals surface area contributed by atoms with Gasteiger partial charge in [0.2, 0.25) is 10.0 Å². The van der Waals surface area contributed by atoms with Gasteiger partial charge >= 0.3 is 5.97 Å². The predicted octanol–water partition coefficient (Wildman–Crippen LogP) is 2.71. The van der Waals surface area contributed by atoms with Crippen LogP contribution in [0.3, 0.4) is 0 Å². The summed E-state index contributed by atoms with van der Waals surface area (Å²) in [6.07, 6.45) is 0. The van der Waals surface area contributed by atoms with Crippen molar-refractivity contribution in [2.45, 2.75) is 25.0 Å². The Balaban J connectivity index is 1.59. The fourth-order valence-corrected chi connectivity index (χ4v) is 5.03. The lowest BCUT2D eigenvalue weighted by atomic mass is 10.2. The second-order valence-electron chi connectivity index (χ2n) is 7.17. The first kappa shape index (κ1) is 22.3. The third kappa shape index (κ3) is 4.36. The van der Waals surface area contributed by atoms with E-state index in [4.69, 9.17) is 9.47 Å². The topological polar surface area (TPSA) is 90.7 Å². The lowest BCUT2D eigenvalue weighted by Crippen LogP contribution is -2.40. The largest absolute Gasteiger partial charge is 0.454 e. The summed E-state index contributed by atoms with van der Waals surface area (Å²) in [5, 5.41) is 0. The number of halogens is 2.